The van der Waals surface area contributed by atoms with Gasteiger partial charge in [0.2, 0.25) is 10.0 Å². The molecule has 0 radical (unpaired) electrons. The highest BCUT2D eigenvalue weighted by molar-refractivity contribution is 7.99. The van der Waals surface area contributed by atoms with Crippen LogP contribution in [0, 0.1) is 0 Å². The topological polar surface area (TPSA) is 107 Å². The third-order valence-corrected chi connectivity index (χ3v) is 6.76. The molecule has 0 fully saturated rings. The number of halogens is 1. The van der Waals surface area contributed by atoms with E-state index in [-0.39, 0.29) is 23.8 Å². The van der Waals surface area contributed by atoms with E-state index >= 15 is 0 Å². The predicted molar refractivity (Wildman–Crippen MR) is 112 cm³/mol. The summed E-state index contributed by atoms with van der Waals surface area (Å²) in [5, 5.41) is 5.76. The number of primary sulfonamides is 1. The van der Waals surface area contributed by atoms with Crippen LogP contribution < -0.4 is 10.0 Å². The van der Waals surface area contributed by atoms with E-state index in [0.717, 1.165) is 4.90 Å². The number of rotatable bonds is 7. The van der Waals surface area contributed by atoms with Crippen molar-refractivity contribution in [2.24, 2.45) is 5.14 Å². The summed E-state index contributed by atoms with van der Waals surface area (Å²) in [7, 11) is -3.80. The summed E-state index contributed by atoms with van der Waals surface area (Å²) in [6.45, 7) is 0.0219. The summed E-state index contributed by atoms with van der Waals surface area (Å²) in [6.07, 6.45) is 0.657. The highest BCUT2D eigenvalue weighted by Gasteiger charge is 2.26. The van der Waals surface area contributed by atoms with Gasteiger partial charge in [-0.15, -0.1) is 11.8 Å². The van der Waals surface area contributed by atoms with E-state index in [4.69, 9.17) is 21.5 Å². The average molecular weight is 455 g/mol. The third-order valence-electron chi connectivity index (χ3n) is 4.33. The maximum atomic E-state index is 12.4. The van der Waals surface area contributed by atoms with Crippen molar-refractivity contribution in [3.05, 3.63) is 53.1 Å². The second-order valence-electron chi connectivity index (χ2n) is 6.32. The first-order valence-corrected chi connectivity index (χ1v) is 11.7. The number of carbonyl (C=O) groups excluding carboxylic acids is 2. The zero-order chi connectivity index (χ0) is 21.0. The van der Waals surface area contributed by atoms with E-state index in [0.29, 0.717) is 35.0 Å². The number of ether oxygens (including phenoxy) is 1. The number of nitrogens with two attached hydrogens (primary N) is 1. The van der Waals surface area contributed by atoms with E-state index in [2.05, 4.69) is 0 Å². The van der Waals surface area contributed by atoms with Gasteiger partial charge in [-0.2, -0.15) is 0 Å². The molecule has 1 aliphatic rings. The Balaban J connectivity index is 1.49. The van der Waals surface area contributed by atoms with Crippen LogP contribution in [0.1, 0.15) is 12.0 Å². The molecule has 154 valence electrons. The molecule has 3 rings (SSSR count). The molecule has 0 unspecified atom stereocenters. The number of nitrogens with zero attached hydrogens (tertiary/aromatic N) is 1. The second kappa shape index (κ2) is 9.17. The van der Waals surface area contributed by atoms with Crippen molar-refractivity contribution in [3.63, 3.8) is 0 Å². The Morgan fingerprint density at radius 3 is 2.69 bits per heavy atom. The van der Waals surface area contributed by atoms with Gasteiger partial charge >= 0.3 is 5.97 Å². The number of benzene rings is 2. The molecule has 1 amide bonds. The second-order valence-corrected chi connectivity index (χ2v) is 9.43. The van der Waals surface area contributed by atoms with Gasteiger partial charge < -0.3 is 9.64 Å². The molecule has 2 aromatic carbocycles. The number of thioether (sulfide) groups is 1. The van der Waals surface area contributed by atoms with E-state index in [9.17, 15) is 18.0 Å². The first-order chi connectivity index (χ1) is 13.8. The fourth-order valence-corrected chi connectivity index (χ4v) is 4.65. The lowest BCUT2D eigenvalue weighted by Gasteiger charge is -2.17. The van der Waals surface area contributed by atoms with Crippen LogP contribution in [-0.2, 0) is 30.8 Å². The molecule has 0 spiro atoms. The van der Waals surface area contributed by atoms with Gasteiger partial charge in [0, 0.05) is 22.9 Å². The van der Waals surface area contributed by atoms with Crippen LogP contribution >= 0.6 is 23.4 Å². The standard InChI is InChI=1S/C19H19ClN2O5S2/c20-15-3-1-2-4-17(15)28-10-8-19(24)27-12-18(23)22-9-7-13-11-14(29(21,25)26)5-6-16(13)22/h1-6,11H,7-10,12H2,(H2,21,25,26). The summed E-state index contributed by atoms with van der Waals surface area (Å²) in [4.78, 5) is 26.7. The van der Waals surface area contributed by atoms with Crippen molar-refractivity contribution in [3.8, 4) is 0 Å². The zero-order valence-corrected chi connectivity index (χ0v) is 17.7. The Morgan fingerprint density at radius 1 is 1.21 bits per heavy atom. The minimum atomic E-state index is -3.80. The van der Waals surface area contributed by atoms with E-state index in [1.165, 1.54) is 28.8 Å². The SMILES string of the molecule is NS(=O)(=O)c1ccc2c(c1)CCN2C(=O)COC(=O)CCSc1ccccc1Cl. The molecule has 10 heteroatoms. The number of esters is 1. The molecule has 0 atom stereocenters. The van der Waals surface area contributed by atoms with Crippen molar-refractivity contribution < 1.29 is 22.7 Å². The third kappa shape index (κ3) is 5.51. The quantitative estimate of drug-likeness (QED) is 0.509. The van der Waals surface area contributed by atoms with Crippen molar-refractivity contribution in [1.82, 2.24) is 0 Å². The molecule has 0 aliphatic carbocycles. The van der Waals surface area contributed by atoms with Crippen LogP contribution in [0.4, 0.5) is 5.69 Å². The normalized spacial score (nSPS) is 13.2. The predicted octanol–water partition coefficient (Wildman–Crippen LogP) is 2.60. The maximum Gasteiger partial charge on any atom is 0.307 e. The van der Waals surface area contributed by atoms with Crippen LogP contribution in [0.25, 0.3) is 0 Å². The van der Waals surface area contributed by atoms with Crippen molar-refractivity contribution in [1.29, 1.82) is 0 Å². The molecule has 1 aliphatic heterocycles. The van der Waals surface area contributed by atoms with Gasteiger partial charge in [-0.25, -0.2) is 13.6 Å². The summed E-state index contributed by atoms with van der Waals surface area (Å²) < 4.78 is 28.0. The van der Waals surface area contributed by atoms with Crippen LogP contribution in [0.15, 0.2) is 52.3 Å². The van der Waals surface area contributed by atoms with Gasteiger partial charge in [0.1, 0.15) is 0 Å². The highest BCUT2D eigenvalue weighted by atomic mass is 35.5. The highest BCUT2D eigenvalue weighted by Crippen LogP contribution is 2.30. The lowest BCUT2D eigenvalue weighted by atomic mass is 10.2. The number of sulfonamides is 1. The number of amides is 1. The van der Waals surface area contributed by atoms with E-state index in [1.54, 1.807) is 12.1 Å². The lowest BCUT2D eigenvalue weighted by Crippen LogP contribution is -2.33. The Labute approximate surface area is 178 Å². The molecule has 29 heavy (non-hydrogen) atoms. The monoisotopic (exact) mass is 454 g/mol. The fraction of sp³-hybridized carbons (Fsp3) is 0.263. The van der Waals surface area contributed by atoms with Gasteiger partial charge in [-0.05, 0) is 42.3 Å². The molecular weight excluding hydrogens is 436 g/mol. The summed E-state index contributed by atoms with van der Waals surface area (Å²) in [5.74, 6) is -0.347. The Hall–Kier alpha value is -2.07. The van der Waals surface area contributed by atoms with Gasteiger partial charge in [0.15, 0.2) is 6.61 Å². The molecule has 0 saturated heterocycles. The van der Waals surface area contributed by atoms with Gasteiger partial charge in [-0.3, -0.25) is 9.59 Å². The van der Waals surface area contributed by atoms with Crippen molar-refractivity contribution in [2.45, 2.75) is 22.6 Å². The van der Waals surface area contributed by atoms with E-state index < -0.39 is 16.0 Å². The molecular formula is C19H19ClN2O5S2. The minimum Gasteiger partial charge on any atom is -0.456 e. The van der Waals surface area contributed by atoms with Crippen LogP contribution in [0.3, 0.4) is 0 Å². The molecule has 0 bridgehead atoms. The average Bonchev–Trinajstić information content (AvgIpc) is 3.10. The van der Waals surface area contributed by atoms with Gasteiger partial charge in [0.25, 0.3) is 5.91 Å². The first kappa shape index (κ1) is 21.6. The number of anilines is 1. The molecule has 0 aromatic heterocycles. The Morgan fingerprint density at radius 2 is 1.97 bits per heavy atom. The van der Waals surface area contributed by atoms with Crippen molar-refractivity contribution >= 4 is 50.9 Å². The summed E-state index contributed by atoms with van der Waals surface area (Å²) >= 11 is 7.50. The number of hydrogen-bond acceptors (Lipinski definition) is 6. The Bertz CT molecular complexity index is 1040. The first-order valence-electron chi connectivity index (χ1n) is 8.75. The van der Waals surface area contributed by atoms with E-state index in [1.807, 2.05) is 18.2 Å². The smallest absolute Gasteiger partial charge is 0.307 e. The van der Waals surface area contributed by atoms with Crippen molar-refractivity contribution in [2.75, 3.05) is 23.8 Å². The molecule has 0 saturated carbocycles. The molecule has 2 N–H and O–H groups in total. The van der Waals surface area contributed by atoms with Crippen LogP contribution in [0.5, 0.6) is 0 Å². The van der Waals surface area contributed by atoms with Crippen LogP contribution in [-0.4, -0.2) is 39.2 Å². The Kier molecular flexibility index (Phi) is 6.84. The summed E-state index contributed by atoms with van der Waals surface area (Å²) in [5.41, 5.74) is 1.32. The maximum absolute atomic E-state index is 12.4. The molecule has 1 heterocycles. The van der Waals surface area contributed by atoms with Crippen LogP contribution in [0.2, 0.25) is 5.02 Å². The van der Waals surface area contributed by atoms with Gasteiger partial charge in [0.05, 0.1) is 16.3 Å². The minimum absolute atomic E-state index is 0.00740. The lowest BCUT2D eigenvalue weighted by molar-refractivity contribution is -0.147. The van der Waals surface area contributed by atoms with Gasteiger partial charge in [-0.1, -0.05) is 23.7 Å². The summed E-state index contributed by atoms with van der Waals surface area (Å²) in [6, 6.07) is 11.7. The largest absolute Gasteiger partial charge is 0.456 e. The number of carbonyl (C=O) groups is 2. The fourth-order valence-electron chi connectivity index (χ4n) is 2.91. The molecule has 7 nitrogen and oxygen atoms in total. The zero-order valence-electron chi connectivity index (χ0n) is 15.3. The number of fused-ring (bicyclic) bond motifs is 1. The molecule has 2 aromatic rings. The number of hydrogen-bond donors (Lipinski definition) is 1.